The molecular formula is C13H17BrFNO. The molecular weight excluding hydrogens is 285 g/mol. The summed E-state index contributed by atoms with van der Waals surface area (Å²) in [6.45, 7) is 1.70. The van der Waals surface area contributed by atoms with Gasteiger partial charge in [0, 0.05) is 22.6 Å². The van der Waals surface area contributed by atoms with Crippen LogP contribution in [0, 0.1) is 5.82 Å². The topological polar surface area (TPSA) is 23.5 Å². The summed E-state index contributed by atoms with van der Waals surface area (Å²) in [7, 11) is 0. The molecule has 1 heterocycles. The molecule has 0 saturated carbocycles. The lowest BCUT2D eigenvalue weighted by Crippen LogP contribution is -2.41. The van der Waals surface area contributed by atoms with Crippen molar-refractivity contribution in [3.63, 3.8) is 0 Å². The number of hydrogen-bond acceptors (Lipinski definition) is 2. The van der Waals surface area contributed by atoms with E-state index in [-0.39, 0.29) is 18.5 Å². The summed E-state index contributed by atoms with van der Waals surface area (Å²) in [5.41, 5.74) is 0.702. The van der Waals surface area contributed by atoms with Gasteiger partial charge in [-0.3, -0.25) is 4.90 Å². The first-order chi connectivity index (χ1) is 8.20. The Kier molecular flexibility index (Phi) is 4.54. The van der Waals surface area contributed by atoms with Gasteiger partial charge in [0.25, 0.3) is 0 Å². The fourth-order valence-electron chi connectivity index (χ4n) is 2.34. The van der Waals surface area contributed by atoms with Gasteiger partial charge in [0.1, 0.15) is 5.82 Å². The van der Waals surface area contributed by atoms with Crippen LogP contribution in [0.5, 0.6) is 0 Å². The zero-order valence-corrected chi connectivity index (χ0v) is 11.3. The highest BCUT2D eigenvalue weighted by atomic mass is 79.9. The maximum Gasteiger partial charge on any atom is 0.128 e. The summed E-state index contributed by atoms with van der Waals surface area (Å²) in [6.07, 6.45) is 3.30. The first-order valence-corrected chi connectivity index (χ1v) is 6.79. The van der Waals surface area contributed by atoms with Crippen LogP contribution in [0.3, 0.4) is 0 Å². The molecule has 1 aliphatic heterocycles. The van der Waals surface area contributed by atoms with Gasteiger partial charge in [-0.25, -0.2) is 4.39 Å². The van der Waals surface area contributed by atoms with Crippen LogP contribution >= 0.6 is 15.9 Å². The Morgan fingerprint density at radius 2 is 2.24 bits per heavy atom. The smallest absolute Gasteiger partial charge is 0.128 e. The van der Waals surface area contributed by atoms with Crippen molar-refractivity contribution < 1.29 is 9.50 Å². The molecule has 2 nitrogen and oxygen atoms in total. The second-order valence-corrected chi connectivity index (χ2v) is 5.45. The molecule has 0 radical (unpaired) electrons. The summed E-state index contributed by atoms with van der Waals surface area (Å²) in [5, 5.41) is 9.31. The Hall–Kier alpha value is -0.450. The molecule has 1 aliphatic rings. The third kappa shape index (κ3) is 3.27. The Balaban J connectivity index is 2.08. The first kappa shape index (κ1) is 13.0. The predicted octanol–water partition coefficient (Wildman–Crippen LogP) is 2.94. The van der Waals surface area contributed by atoms with E-state index in [0.29, 0.717) is 12.1 Å². The molecule has 1 aromatic rings. The number of piperidine rings is 1. The third-order valence-corrected chi connectivity index (χ3v) is 3.84. The van der Waals surface area contributed by atoms with Crippen molar-refractivity contribution in [3.8, 4) is 0 Å². The molecule has 1 unspecified atom stereocenters. The van der Waals surface area contributed by atoms with Crippen molar-refractivity contribution in [2.24, 2.45) is 0 Å². The zero-order valence-electron chi connectivity index (χ0n) is 9.70. The van der Waals surface area contributed by atoms with Crippen LogP contribution in [0.15, 0.2) is 22.7 Å². The van der Waals surface area contributed by atoms with Gasteiger partial charge in [-0.05, 0) is 31.5 Å². The lowest BCUT2D eigenvalue weighted by Gasteiger charge is -2.34. The van der Waals surface area contributed by atoms with Gasteiger partial charge in [0.2, 0.25) is 0 Å². The number of nitrogens with zero attached hydrogens (tertiary/aromatic N) is 1. The number of hydrogen-bond donors (Lipinski definition) is 1. The van der Waals surface area contributed by atoms with E-state index in [1.54, 1.807) is 0 Å². The average molecular weight is 302 g/mol. The molecule has 94 valence electrons. The molecule has 1 N–H and O–H groups in total. The van der Waals surface area contributed by atoms with Crippen LogP contribution in [0.25, 0.3) is 0 Å². The SMILES string of the molecule is OCC1CCCCN1Cc1ccc(Br)cc1F. The van der Waals surface area contributed by atoms with Crippen LogP contribution in [0.2, 0.25) is 0 Å². The molecule has 0 spiro atoms. The van der Waals surface area contributed by atoms with Crippen molar-refractivity contribution in [3.05, 3.63) is 34.1 Å². The predicted molar refractivity (Wildman–Crippen MR) is 69.2 cm³/mol. The minimum absolute atomic E-state index is 0.165. The van der Waals surface area contributed by atoms with Crippen molar-refractivity contribution in [1.82, 2.24) is 4.90 Å². The fraction of sp³-hybridized carbons (Fsp3) is 0.538. The van der Waals surface area contributed by atoms with E-state index in [4.69, 9.17) is 0 Å². The van der Waals surface area contributed by atoms with Crippen LogP contribution in [0.4, 0.5) is 4.39 Å². The molecule has 0 bridgehead atoms. The number of halogens is 2. The van der Waals surface area contributed by atoms with Gasteiger partial charge in [-0.15, -0.1) is 0 Å². The van der Waals surface area contributed by atoms with Gasteiger partial charge in [0.05, 0.1) is 6.61 Å². The van der Waals surface area contributed by atoms with Gasteiger partial charge >= 0.3 is 0 Å². The largest absolute Gasteiger partial charge is 0.395 e. The average Bonchev–Trinajstić information content (AvgIpc) is 2.33. The van der Waals surface area contributed by atoms with Crippen LogP contribution in [0.1, 0.15) is 24.8 Å². The highest BCUT2D eigenvalue weighted by molar-refractivity contribution is 9.10. The van der Waals surface area contributed by atoms with E-state index in [0.717, 1.165) is 30.3 Å². The Labute approximate surface area is 110 Å². The summed E-state index contributed by atoms with van der Waals surface area (Å²) in [6, 6.07) is 5.35. The van der Waals surface area contributed by atoms with E-state index in [2.05, 4.69) is 20.8 Å². The van der Waals surface area contributed by atoms with Crippen molar-refractivity contribution in [2.45, 2.75) is 31.8 Å². The fourth-order valence-corrected chi connectivity index (χ4v) is 2.68. The molecule has 1 fully saturated rings. The van der Waals surface area contributed by atoms with Gasteiger partial charge < -0.3 is 5.11 Å². The maximum absolute atomic E-state index is 13.7. The number of aliphatic hydroxyl groups is 1. The second-order valence-electron chi connectivity index (χ2n) is 4.54. The molecule has 0 aliphatic carbocycles. The van der Waals surface area contributed by atoms with Crippen LogP contribution in [-0.2, 0) is 6.54 Å². The summed E-state index contributed by atoms with van der Waals surface area (Å²) in [4.78, 5) is 2.18. The third-order valence-electron chi connectivity index (χ3n) is 3.35. The van der Waals surface area contributed by atoms with Gasteiger partial charge in [0.15, 0.2) is 0 Å². The molecule has 1 saturated heterocycles. The van der Waals surface area contributed by atoms with Crippen molar-refractivity contribution in [1.29, 1.82) is 0 Å². The van der Waals surface area contributed by atoms with Crippen molar-refractivity contribution >= 4 is 15.9 Å². The number of benzene rings is 1. The van der Waals surface area contributed by atoms with Gasteiger partial charge in [-0.2, -0.15) is 0 Å². The molecule has 1 aromatic carbocycles. The first-order valence-electron chi connectivity index (χ1n) is 5.99. The summed E-state index contributed by atoms with van der Waals surface area (Å²) < 4.78 is 14.5. The maximum atomic E-state index is 13.7. The van der Waals surface area contributed by atoms with Crippen LogP contribution < -0.4 is 0 Å². The summed E-state index contributed by atoms with van der Waals surface area (Å²) >= 11 is 3.25. The standard InChI is InChI=1S/C13H17BrFNO/c14-11-5-4-10(13(15)7-11)8-16-6-2-1-3-12(16)9-17/h4-5,7,12,17H,1-3,6,8-9H2. The van der Waals surface area contributed by atoms with Gasteiger partial charge in [-0.1, -0.05) is 28.4 Å². The van der Waals surface area contributed by atoms with E-state index in [1.807, 2.05) is 12.1 Å². The van der Waals surface area contributed by atoms with Crippen molar-refractivity contribution in [2.75, 3.05) is 13.2 Å². The normalized spacial score (nSPS) is 21.7. The zero-order chi connectivity index (χ0) is 12.3. The minimum Gasteiger partial charge on any atom is -0.395 e. The highest BCUT2D eigenvalue weighted by Crippen LogP contribution is 2.22. The summed E-state index contributed by atoms with van der Waals surface area (Å²) in [5.74, 6) is -0.179. The molecule has 17 heavy (non-hydrogen) atoms. The second kappa shape index (κ2) is 5.94. The highest BCUT2D eigenvalue weighted by Gasteiger charge is 2.22. The molecule has 4 heteroatoms. The molecule has 1 atom stereocenters. The molecule has 2 rings (SSSR count). The lowest BCUT2D eigenvalue weighted by molar-refractivity contribution is 0.0832. The Morgan fingerprint density at radius 3 is 2.94 bits per heavy atom. The molecule has 0 aromatic heterocycles. The number of rotatable bonds is 3. The van der Waals surface area contributed by atoms with E-state index in [1.165, 1.54) is 6.07 Å². The van der Waals surface area contributed by atoms with E-state index in [9.17, 15) is 9.50 Å². The van der Waals surface area contributed by atoms with Crippen LogP contribution in [-0.4, -0.2) is 29.2 Å². The lowest BCUT2D eigenvalue weighted by atomic mass is 10.0. The molecule has 0 amide bonds. The van der Waals surface area contributed by atoms with E-state index >= 15 is 0 Å². The number of likely N-dealkylation sites (tertiary alicyclic amines) is 1. The van der Waals surface area contributed by atoms with E-state index < -0.39 is 0 Å². The Bertz CT molecular complexity index is 386. The minimum atomic E-state index is -0.179. The monoisotopic (exact) mass is 301 g/mol. The Morgan fingerprint density at radius 1 is 1.41 bits per heavy atom. The quantitative estimate of drug-likeness (QED) is 0.928. The number of aliphatic hydroxyl groups excluding tert-OH is 1.